The van der Waals surface area contributed by atoms with Crippen LogP contribution >= 0.6 is 0 Å². The summed E-state index contributed by atoms with van der Waals surface area (Å²) in [5.74, 6) is 3.14. The van der Waals surface area contributed by atoms with Gasteiger partial charge in [0, 0.05) is 24.9 Å². The number of aliphatic hydroxyl groups is 2. The molecule has 0 unspecified atom stereocenters. The van der Waals surface area contributed by atoms with Crippen LogP contribution in [0.3, 0.4) is 0 Å². The van der Waals surface area contributed by atoms with Crippen LogP contribution in [0.5, 0.6) is 17.2 Å². The SMILES string of the molecule is COc1cc(-n2cnc(Nc3nc(N4CCC[C@H]4CO)nc4cc(CO)cn34)c2)cc(OC)c1OC. The molecule has 0 saturated carbocycles. The maximum Gasteiger partial charge on any atom is 0.230 e. The highest BCUT2D eigenvalue weighted by Crippen LogP contribution is 2.39. The van der Waals surface area contributed by atoms with Crippen LogP contribution in [-0.4, -0.2) is 74.7 Å². The molecule has 0 spiro atoms. The normalized spacial score (nSPS) is 15.5. The van der Waals surface area contributed by atoms with Crippen molar-refractivity contribution in [3.63, 3.8) is 0 Å². The number of ether oxygens (including phenoxy) is 3. The molecule has 0 aliphatic carbocycles. The van der Waals surface area contributed by atoms with Gasteiger partial charge in [-0.15, -0.1) is 0 Å². The van der Waals surface area contributed by atoms with E-state index in [1.165, 1.54) is 0 Å². The third-order valence-electron chi connectivity index (χ3n) is 6.30. The summed E-state index contributed by atoms with van der Waals surface area (Å²) in [4.78, 5) is 16.0. The Balaban J connectivity index is 1.51. The van der Waals surface area contributed by atoms with Gasteiger partial charge >= 0.3 is 0 Å². The summed E-state index contributed by atoms with van der Waals surface area (Å²) < 4.78 is 19.9. The predicted molar refractivity (Wildman–Crippen MR) is 133 cm³/mol. The topological polar surface area (TPSA) is 131 Å². The van der Waals surface area contributed by atoms with Crippen molar-refractivity contribution >= 4 is 23.4 Å². The van der Waals surface area contributed by atoms with Crippen molar-refractivity contribution in [2.75, 3.05) is 44.7 Å². The molecule has 1 fully saturated rings. The molecule has 1 atom stereocenters. The lowest BCUT2D eigenvalue weighted by Crippen LogP contribution is -2.33. The van der Waals surface area contributed by atoms with Crippen molar-refractivity contribution in [3.8, 4) is 22.9 Å². The summed E-state index contributed by atoms with van der Waals surface area (Å²) in [5, 5.41) is 22.7. The maximum absolute atomic E-state index is 9.79. The Morgan fingerprint density at radius 1 is 1.03 bits per heavy atom. The van der Waals surface area contributed by atoms with Crippen molar-refractivity contribution in [1.29, 1.82) is 0 Å². The van der Waals surface area contributed by atoms with Gasteiger partial charge in [-0.2, -0.15) is 9.97 Å². The van der Waals surface area contributed by atoms with E-state index in [0.717, 1.165) is 25.1 Å². The zero-order chi connectivity index (χ0) is 25.2. The largest absolute Gasteiger partial charge is 0.493 e. The molecule has 3 aromatic heterocycles. The zero-order valence-electron chi connectivity index (χ0n) is 20.4. The van der Waals surface area contributed by atoms with Crippen LogP contribution < -0.4 is 24.4 Å². The van der Waals surface area contributed by atoms with Gasteiger partial charge in [0.15, 0.2) is 17.3 Å². The summed E-state index contributed by atoms with van der Waals surface area (Å²) >= 11 is 0. The van der Waals surface area contributed by atoms with Crippen molar-refractivity contribution in [2.45, 2.75) is 25.5 Å². The standard InChI is InChI=1S/C24H29N7O5/c1-34-18-8-17(9-19(35-2)22(18)36-3)29-11-20(25-14-29)26-23-28-24(30-6-4-5-16(30)13-33)27-21-7-15(12-32)10-31(21)23/h7-11,14,16,32-33H,4-6,12-13H2,1-3H3,(H,26,27,28)/t16-/m0/s1. The third-order valence-corrected chi connectivity index (χ3v) is 6.30. The fourth-order valence-corrected chi connectivity index (χ4v) is 4.49. The van der Waals surface area contributed by atoms with Crippen LogP contribution in [-0.2, 0) is 6.61 Å². The Bertz CT molecular complexity index is 1340. The highest BCUT2D eigenvalue weighted by molar-refractivity contribution is 5.61. The first-order valence-electron chi connectivity index (χ1n) is 11.6. The van der Waals surface area contributed by atoms with E-state index in [0.29, 0.717) is 46.2 Å². The number of aliphatic hydroxyl groups excluding tert-OH is 2. The number of hydrogen-bond donors (Lipinski definition) is 3. The molecule has 4 heterocycles. The molecule has 1 aliphatic rings. The van der Waals surface area contributed by atoms with Gasteiger partial charge in [-0.3, -0.25) is 4.40 Å². The van der Waals surface area contributed by atoms with Crippen molar-refractivity contribution in [3.05, 3.63) is 42.5 Å². The second-order valence-electron chi connectivity index (χ2n) is 8.43. The summed E-state index contributed by atoms with van der Waals surface area (Å²) in [6, 6.07) is 5.45. The Hall–Kier alpha value is -4.03. The van der Waals surface area contributed by atoms with E-state index in [1.807, 2.05) is 33.9 Å². The average molecular weight is 496 g/mol. The van der Waals surface area contributed by atoms with Crippen LogP contribution in [0, 0.1) is 0 Å². The first-order valence-corrected chi connectivity index (χ1v) is 11.6. The van der Waals surface area contributed by atoms with E-state index < -0.39 is 0 Å². The number of hydrogen-bond acceptors (Lipinski definition) is 10. The number of fused-ring (bicyclic) bond motifs is 1. The fraction of sp³-hybridized carbons (Fsp3) is 0.375. The number of aromatic nitrogens is 5. The van der Waals surface area contributed by atoms with Gasteiger partial charge < -0.3 is 39.2 Å². The van der Waals surface area contributed by atoms with Gasteiger partial charge in [-0.1, -0.05) is 0 Å². The minimum Gasteiger partial charge on any atom is -0.493 e. The highest BCUT2D eigenvalue weighted by atomic mass is 16.5. The van der Waals surface area contributed by atoms with E-state index in [2.05, 4.69) is 15.3 Å². The second-order valence-corrected chi connectivity index (χ2v) is 8.43. The zero-order valence-corrected chi connectivity index (χ0v) is 20.4. The summed E-state index contributed by atoms with van der Waals surface area (Å²) in [5.41, 5.74) is 2.12. The smallest absolute Gasteiger partial charge is 0.230 e. The van der Waals surface area contributed by atoms with Gasteiger partial charge in [0.1, 0.15) is 12.0 Å². The molecule has 5 rings (SSSR count). The molecule has 0 bridgehead atoms. The molecule has 36 heavy (non-hydrogen) atoms. The van der Waals surface area contributed by atoms with Gasteiger partial charge in [0.2, 0.25) is 17.6 Å². The van der Waals surface area contributed by atoms with Gasteiger partial charge in [0.05, 0.1) is 52.5 Å². The lowest BCUT2D eigenvalue weighted by molar-refractivity contribution is 0.265. The third kappa shape index (κ3) is 4.25. The van der Waals surface area contributed by atoms with Crippen molar-refractivity contribution in [2.24, 2.45) is 0 Å². The molecule has 12 heteroatoms. The molecular weight excluding hydrogens is 466 g/mol. The Kier molecular flexibility index (Phi) is 6.53. The number of rotatable bonds is 9. The molecule has 190 valence electrons. The molecule has 1 saturated heterocycles. The average Bonchev–Trinajstić information content (AvgIpc) is 3.66. The Morgan fingerprint density at radius 2 is 1.81 bits per heavy atom. The number of anilines is 3. The van der Waals surface area contributed by atoms with Gasteiger partial charge in [-0.05, 0) is 24.5 Å². The number of methoxy groups -OCH3 is 3. The monoisotopic (exact) mass is 495 g/mol. The number of imidazole rings is 1. The number of nitrogens with one attached hydrogen (secondary N) is 1. The summed E-state index contributed by atoms with van der Waals surface area (Å²) in [6.45, 7) is 0.695. The lowest BCUT2D eigenvalue weighted by Gasteiger charge is -2.23. The van der Waals surface area contributed by atoms with Crippen LogP contribution in [0.15, 0.2) is 36.9 Å². The molecule has 12 nitrogen and oxygen atoms in total. The van der Waals surface area contributed by atoms with E-state index >= 15 is 0 Å². The van der Waals surface area contributed by atoms with Gasteiger partial charge in [-0.25, -0.2) is 4.98 Å². The molecule has 3 N–H and O–H groups in total. The van der Waals surface area contributed by atoms with Crippen LogP contribution in [0.1, 0.15) is 18.4 Å². The highest BCUT2D eigenvalue weighted by Gasteiger charge is 2.27. The van der Waals surface area contributed by atoms with Gasteiger partial charge in [0.25, 0.3) is 0 Å². The molecule has 1 aliphatic heterocycles. The first kappa shape index (κ1) is 23.7. The minimum absolute atomic E-state index is 0.0215. The molecular formula is C24H29N7O5. The molecule has 1 aromatic carbocycles. The summed E-state index contributed by atoms with van der Waals surface area (Å²) in [6.07, 6.45) is 7.11. The minimum atomic E-state index is -0.114. The summed E-state index contributed by atoms with van der Waals surface area (Å²) in [7, 11) is 4.70. The Labute approximate surface area is 207 Å². The van der Waals surface area contributed by atoms with E-state index in [1.54, 1.807) is 38.3 Å². The number of nitrogens with zero attached hydrogens (tertiary/aromatic N) is 6. The quantitative estimate of drug-likeness (QED) is 0.317. The van der Waals surface area contributed by atoms with Crippen molar-refractivity contribution in [1.82, 2.24) is 23.9 Å². The molecule has 0 amide bonds. The lowest BCUT2D eigenvalue weighted by atomic mass is 10.2. The fourth-order valence-electron chi connectivity index (χ4n) is 4.49. The maximum atomic E-state index is 9.79. The van der Waals surface area contributed by atoms with E-state index in [-0.39, 0.29) is 19.3 Å². The first-order chi connectivity index (χ1) is 17.6. The number of benzene rings is 1. The van der Waals surface area contributed by atoms with Crippen LogP contribution in [0.2, 0.25) is 0 Å². The second kappa shape index (κ2) is 9.91. The van der Waals surface area contributed by atoms with E-state index in [9.17, 15) is 10.2 Å². The molecule has 0 radical (unpaired) electrons. The Morgan fingerprint density at radius 3 is 2.47 bits per heavy atom. The van der Waals surface area contributed by atoms with Crippen molar-refractivity contribution < 1.29 is 24.4 Å². The molecule has 4 aromatic rings. The van der Waals surface area contributed by atoms with Crippen LogP contribution in [0.4, 0.5) is 17.7 Å². The predicted octanol–water partition coefficient (Wildman–Crippen LogP) is 2.14. The van der Waals surface area contributed by atoms with E-state index in [4.69, 9.17) is 19.2 Å². The van der Waals surface area contributed by atoms with Crippen LogP contribution in [0.25, 0.3) is 11.3 Å².